The van der Waals surface area contributed by atoms with Crippen LogP contribution in [-0.4, -0.2) is 49.5 Å². The maximum Gasteiger partial charge on any atom is 0.211 e. The highest BCUT2D eigenvalue weighted by Gasteiger charge is 2.17. The Hall–Kier alpha value is -2.57. The van der Waals surface area contributed by atoms with Gasteiger partial charge >= 0.3 is 0 Å². The van der Waals surface area contributed by atoms with Crippen molar-refractivity contribution in [2.24, 2.45) is 0 Å². The molecule has 1 saturated heterocycles. The van der Waals surface area contributed by atoms with Gasteiger partial charge in [-0.1, -0.05) is 35.5 Å². The Bertz CT molecular complexity index is 842. The van der Waals surface area contributed by atoms with Gasteiger partial charge in [0, 0.05) is 19.6 Å². The van der Waals surface area contributed by atoms with Crippen LogP contribution in [0.3, 0.4) is 0 Å². The topological polar surface area (TPSA) is 73.8 Å². The SMILES string of the molecule is Nc1noc2c(OCCN3CCOCC3)ccc(-c3ccccc3)c12. The lowest BCUT2D eigenvalue weighted by molar-refractivity contribution is 0.0322. The van der Waals surface area contributed by atoms with E-state index in [1.165, 1.54) is 0 Å². The molecule has 0 saturated carbocycles. The summed E-state index contributed by atoms with van der Waals surface area (Å²) in [5.41, 5.74) is 8.71. The Kier molecular flexibility index (Phi) is 4.54. The Morgan fingerprint density at radius 1 is 1.08 bits per heavy atom. The number of nitrogens with two attached hydrogens (primary N) is 1. The molecule has 0 spiro atoms. The summed E-state index contributed by atoms with van der Waals surface area (Å²) in [7, 11) is 0. The van der Waals surface area contributed by atoms with Crippen LogP contribution in [0.2, 0.25) is 0 Å². The Balaban J connectivity index is 1.56. The van der Waals surface area contributed by atoms with Gasteiger partial charge < -0.3 is 19.7 Å². The minimum atomic E-state index is 0.382. The van der Waals surface area contributed by atoms with Gasteiger partial charge in [0.1, 0.15) is 6.61 Å². The number of nitrogen functional groups attached to an aromatic ring is 1. The summed E-state index contributed by atoms with van der Waals surface area (Å²) in [6.45, 7) is 4.90. The van der Waals surface area contributed by atoms with E-state index in [2.05, 4.69) is 10.1 Å². The predicted octanol–water partition coefficient (Wildman–Crippen LogP) is 2.79. The first kappa shape index (κ1) is 15.9. The summed E-state index contributed by atoms with van der Waals surface area (Å²) >= 11 is 0. The van der Waals surface area contributed by atoms with E-state index in [1.54, 1.807) is 0 Å². The first-order valence-corrected chi connectivity index (χ1v) is 8.49. The standard InChI is InChI=1S/C19H21N3O3/c20-19-17-15(14-4-2-1-3-5-14)6-7-16(18(17)25-21-19)24-13-10-22-8-11-23-12-9-22/h1-7H,8-13H2,(H2,20,21). The van der Waals surface area contributed by atoms with Gasteiger partial charge in [-0.05, 0) is 23.3 Å². The van der Waals surface area contributed by atoms with Crippen molar-refractivity contribution in [3.8, 4) is 16.9 Å². The second kappa shape index (κ2) is 7.13. The lowest BCUT2D eigenvalue weighted by atomic mass is 10.0. The number of nitrogens with zero attached hydrogens (tertiary/aromatic N) is 2. The van der Waals surface area contributed by atoms with Crippen molar-refractivity contribution in [1.82, 2.24) is 10.1 Å². The number of aromatic nitrogens is 1. The average Bonchev–Trinajstić information content (AvgIpc) is 3.06. The molecule has 25 heavy (non-hydrogen) atoms. The molecular formula is C19H21N3O3. The van der Waals surface area contributed by atoms with E-state index in [-0.39, 0.29) is 0 Å². The molecule has 3 aromatic rings. The van der Waals surface area contributed by atoms with Crippen molar-refractivity contribution in [1.29, 1.82) is 0 Å². The van der Waals surface area contributed by atoms with Crippen LogP contribution < -0.4 is 10.5 Å². The van der Waals surface area contributed by atoms with Crippen LogP contribution in [0.1, 0.15) is 0 Å². The van der Waals surface area contributed by atoms with Gasteiger partial charge in [0.05, 0.1) is 18.6 Å². The van der Waals surface area contributed by atoms with E-state index < -0.39 is 0 Å². The van der Waals surface area contributed by atoms with E-state index >= 15 is 0 Å². The molecule has 0 bridgehead atoms. The third-order valence-electron chi connectivity index (χ3n) is 4.47. The first-order chi connectivity index (χ1) is 12.3. The van der Waals surface area contributed by atoms with E-state index in [4.69, 9.17) is 19.7 Å². The fourth-order valence-corrected chi connectivity index (χ4v) is 3.13. The van der Waals surface area contributed by atoms with Gasteiger partial charge in [-0.2, -0.15) is 0 Å². The largest absolute Gasteiger partial charge is 0.488 e. The Labute approximate surface area is 146 Å². The van der Waals surface area contributed by atoms with Crippen molar-refractivity contribution in [2.75, 3.05) is 45.2 Å². The summed E-state index contributed by atoms with van der Waals surface area (Å²) in [6.07, 6.45) is 0. The minimum absolute atomic E-state index is 0.382. The highest BCUT2D eigenvalue weighted by molar-refractivity contribution is 6.03. The second-order valence-corrected chi connectivity index (χ2v) is 6.05. The van der Waals surface area contributed by atoms with Gasteiger partial charge in [-0.25, -0.2) is 0 Å². The number of hydrogen-bond acceptors (Lipinski definition) is 6. The van der Waals surface area contributed by atoms with E-state index in [0.717, 1.165) is 49.4 Å². The van der Waals surface area contributed by atoms with Crippen LogP contribution in [0.5, 0.6) is 5.75 Å². The van der Waals surface area contributed by atoms with Crippen LogP contribution in [-0.2, 0) is 4.74 Å². The zero-order chi connectivity index (χ0) is 17.1. The molecule has 0 amide bonds. The molecule has 6 heteroatoms. The number of rotatable bonds is 5. The maximum absolute atomic E-state index is 6.05. The summed E-state index contributed by atoms with van der Waals surface area (Å²) < 4.78 is 16.8. The molecule has 130 valence electrons. The predicted molar refractivity (Wildman–Crippen MR) is 96.6 cm³/mol. The molecule has 0 aliphatic carbocycles. The quantitative estimate of drug-likeness (QED) is 0.770. The number of ether oxygens (including phenoxy) is 2. The highest BCUT2D eigenvalue weighted by atomic mass is 16.5. The summed E-state index contributed by atoms with van der Waals surface area (Å²) in [6, 6.07) is 14.0. The van der Waals surface area contributed by atoms with Crippen LogP contribution >= 0.6 is 0 Å². The molecule has 1 fully saturated rings. The molecule has 4 rings (SSSR count). The summed E-state index contributed by atoms with van der Waals surface area (Å²) in [5.74, 6) is 1.06. The smallest absolute Gasteiger partial charge is 0.211 e. The molecular weight excluding hydrogens is 318 g/mol. The van der Waals surface area contributed by atoms with E-state index in [1.807, 2.05) is 42.5 Å². The van der Waals surface area contributed by atoms with Crippen LogP contribution in [0.4, 0.5) is 5.82 Å². The Morgan fingerprint density at radius 3 is 2.68 bits per heavy atom. The molecule has 0 unspecified atom stereocenters. The van der Waals surface area contributed by atoms with E-state index in [9.17, 15) is 0 Å². The zero-order valence-corrected chi connectivity index (χ0v) is 14.0. The normalized spacial score (nSPS) is 15.5. The number of benzene rings is 2. The molecule has 2 heterocycles. The van der Waals surface area contributed by atoms with Crippen molar-refractivity contribution < 1.29 is 14.0 Å². The molecule has 1 aliphatic rings. The number of fused-ring (bicyclic) bond motifs is 1. The lowest BCUT2D eigenvalue weighted by Crippen LogP contribution is -2.38. The van der Waals surface area contributed by atoms with Gasteiger partial charge in [0.15, 0.2) is 11.6 Å². The molecule has 2 N–H and O–H groups in total. The molecule has 0 radical (unpaired) electrons. The average molecular weight is 339 g/mol. The molecule has 1 aliphatic heterocycles. The monoisotopic (exact) mass is 339 g/mol. The summed E-state index contributed by atoms with van der Waals surface area (Å²) in [4.78, 5) is 2.33. The zero-order valence-electron chi connectivity index (χ0n) is 14.0. The lowest BCUT2D eigenvalue weighted by Gasteiger charge is -2.26. The van der Waals surface area contributed by atoms with Gasteiger partial charge in [0.25, 0.3) is 0 Å². The van der Waals surface area contributed by atoms with Gasteiger partial charge in [0.2, 0.25) is 5.58 Å². The number of anilines is 1. The van der Waals surface area contributed by atoms with Crippen molar-refractivity contribution in [3.05, 3.63) is 42.5 Å². The molecule has 6 nitrogen and oxygen atoms in total. The van der Waals surface area contributed by atoms with E-state index in [0.29, 0.717) is 23.8 Å². The summed E-state index contributed by atoms with van der Waals surface area (Å²) in [5, 5.41) is 4.74. The van der Waals surface area contributed by atoms with Crippen molar-refractivity contribution in [2.45, 2.75) is 0 Å². The fourth-order valence-electron chi connectivity index (χ4n) is 3.13. The molecule has 1 aromatic heterocycles. The maximum atomic E-state index is 6.05. The molecule has 0 atom stereocenters. The first-order valence-electron chi connectivity index (χ1n) is 8.49. The van der Waals surface area contributed by atoms with Crippen LogP contribution in [0, 0.1) is 0 Å². The van der Waals surface area contributed by atoms with Gasteiger partial charge in [-0.15, -0.1) is 0 Å². The molecule has 2 aromatic carbocycles. The van der Waals surface area contributed by atoms with Crippen LogP contribution in [0.15, 0.2) is 47.0 Å². The number of hydrogen-bond donors (Lipinski definition) is 1. The Morgan fingerprint density at radius 2 is 1.88 bits per heavy atom. The van der Waals surface area contributed by atoms with Crippen molar-refractivity contribution >= 4 is 16.8 Å². The van der Waals surface area contributed by atoms with Crippen LogP contribution in [0.25, 0.3) is 22.1 Å². The van der Waals surface area contributed by atoms with Gasteiger partial charge in [-0.3, -0.25) is 4.90 Å². The fraction of sp³-hybridized carbons (Fsp3) is 0.316. The highest BCUT2D eigenvalue weighted by Crippen LogP contribution is 2.37. The third kappa shape index (κ3) is 3.31. The number of morpholine rings is 1. The third-order valence-corrected chi connectivity index (χ3v) is 4.47. The minimum Gasteiger partial charge on any atom is -0.488 e. The second-order valence-electron chi connectivity index (χ2n) is 6.05. The van der Waals surface area contributed by atoms with Crippen molar-refractivity contribution in [3.63, 3.8) is 0 Å².